The third-order valence-corrected chi connectivity index (χ3v) is 5.60. The topological polar surface area (TPSA) is 55.8 Å². The van der Waals surface area contributed by atoms with Gasteiger partial charge >= 0.3 is 5.97 Å². The third-order valence-electron chi connectivity index (χ3n) is 5.60. The number of carbonyl (C=O) groups excluding carboxylic acids is 2. The molecule has 0 aromatic heterocycles. The van der Waals surface area contributed by atoms with Gasteiger partial charge in [0.15, 0.2) is 0 Å². The molecule has 5 unspecified atom stereocenters. The van der Waals surface area contributed by atoms with Crippen molar-refractivity contribution in [1.82, 2.24) is 4.90 Å². The number of likely N-dealkylation sites (tertiary alicyclic amines) is 1. The summed E-state index contributed by atoms with van der Waals surface area (Å²) in [6, 6.07) is 9.88. The zero-order valence-corrected chi connectivity index (χ0v) is 14.6. The van der Waals surface area contributed by atoms with Gasteiger partial charge in [-0.25, -0.2) is 0 Å². The number of carbonyl (C=O) groups is 2. The second-order valence-electron chi connectivity index (χ2n) is 7.12. The second kappa shape index (κ2) is 5.99. The zero-order chi connectivity index (χ0) is 17.6. The van der Waals surface area contributed by atoms with E-state index in [0.29, 0.717) is 13.2 Å². The van der Waals surface area contributed by atoms with Crippen LogP contribution in [0.3, 0.4) is 0 Å². The van der Waals surface area contributed by atoms with Gasteiger partial charge in [-0.2, -0.15) is 0 Å². The van der Waals surface area contributed by atoms with Crippen LogP contribution in [0.25, 0.3) is 0 Å². The van der Waals surface area contributed by atoms with E-state index in [1.165, 1.54) is 0 Å². The van der Waals surface area contributed by atoms with Gasteiger partial charge < -0.3 is 14.4 Å². The van der Waals surface area contributed by atoms with Crippen molar-refractivity contribution >= 4 is 11.9 Å². The lowest BCUT2D eigenvalue weighted by atomic mass is 9.77. The highest BCUT2D eigenvalue weighted by Crippen LogP contribution is 2.53. The van der Waals surface area contributed by atoms with E-state index >= 15 is 0 Å². The first kappa shape index (κ1) is 16.3. The fourth-order valence-corrected chi connectivity index (χ4v) is 4.34. The van der Waals surface area contributed by atoms with Gasteiger partial charge in [0.2, 0.25) is 5.91 Å². The molecule has 3 heterocycles. The molecule has 0 saturated carbocycles. The highest BCUT2D eigenvalue weighted by Gasteiger charge is 2.67. The molecule has 5 heteroatoms. The number of nitrogens with zero attached hydrogens (tertiary/aromatic N) is 1. The van der Waals surface area contributed by atoms with Crippen molar-refractivity contribution in [2.45, 2.75) is 38.0 Å². The van der Waals surface area contributed by atoms with E-state index in [9.17, 15) is 9.59 Å². The molecule has 2 saturated heterocycles. The van der Waals surface area contributed by atoms with Gasteiger partial charge in [-0.15, -0.1) is 0 Å². The van der Waals surface area contributed by atoms with Crippen molar-refractivity contribution < 1.29 is 19.1 Å². The smallest absolute Gasteiger partial charge is 0.312 e. The Kier molecular flexibility index (Phi) is 3.91. The van der Waals surface area contributed by atoms with E-state index < -0.39 is 17.4 Å². The average molecular weight is 341 g/mol. The zero-order valence-electron chi connectivity index (χ0n) is 14.6. The van der Waals surface area contributed by atoms with Gasteiger partial charge in [0.05, 0.1) is 31.2 Å². The summed E-state index contributed by atoms with van der Waals surface area (Å²) in [6.07, 6.45) is 4.31. The normalized spacial score (nSPS) is 33.6. The number of fused-ring (bicyclic) bond motifs is 1. The minimum Gasteiger partial charge on any atom is -0.465 e. The molecule has 5 nitrogen and oxygen atoms in total. The molecule has 5 atom stereocenters. The van der Waals surface area contributed by atoms with E-state index in [1.807, 2.05) is 61.2 Å². The molecule has 1 amide bonds. The predicted octanol–water partition coefficient (Wildman–Crippen LogP) is 2.48. The minimum absolute atomic E-state index is 0.0124. The molecular weight excluding hydrogens is 318 g/mol. The molecule has 2 fully saturated rings. The minimum atomic E-state index is -0.680. The maximum absolute atomic E-state index is 13.2. The van der Waals surface area contributed by atoms with Crippen LogP contribution < -0.4 is 0 Å². The SMILES string of the molecule is CCCOC(=O)C1C2C=CC3(CN(C(C)c4ccccc4)C(=O)C13)O2. The van der Waals surface area contributed by atoms with Crippen LogP contribution in [-0.4, -0.2) is 41.6 Å². The van der Waals surface area contributed by atoms with Crippen LogP contribution in [0.15, 0.2) is 42.5 Å². The Balaban J connectivity index is 1.60. The maximum Gasteiger partial charge on any atom is 0.312 e. The highest BCUT2D eigenvalue weighted by molar-refractivity contribution is 5.91. The Labute approximate surface area is 147 Å². The first-order valence-corrected chi connectivity index (χ1v) is 8.96. The summed E-state index contributed by atoms with van der Waals surface area (Å²) in [6.45, 7) is 4.84. The van der Waals surface area contributed by atoms with Crippen molar-refractivity contribution in [3.05, 3.63) is 48.0 Å². The number of hydrogen-bond acceptors (Lipinski definition) is 4. The van der Waals surface area contributed by atoms with Crippen molar-refractivity contribution in [2.24, 2.45) is 11.8 Å². The molecule has 2 bridgehead atoms. The van der Waals surface area contributed by atoms with Crippen molar-refractivity contribution in [1.29, 1.82) is 0 Å². The Bertz CT molecular complexity index is 716. The van der Waals surface area contributed by atoms with Crippen LogP contribution in [0.5, 0.6) is 0 Å². The molecule has 0 radical (unpaired) electrons. The molecule has 1 spiro atoms. The molecule has 1 aromatic rings. The fourth-order valence-electron chi connectivity index (χ4n) is 4.34. The highest BCUT2D eigenvalue weighted by atomic mass is 16.6. The molecule has 1 aromatic carbocycles. The van der Waals surface area contributed by atoms with Crippen molar-refractivity contribution in [2.75, 3.05) is 13.2 Å². The molecule has 25 heavy (non-hydrogen) atoms. The molecule has 132 valence electrons. The van der Waals surface area contributed by atoms with E-state index in [-0.39, 0.29) is 24.0 Å². The van der Waals surface area contributed by atoms with Crippen LogP contribution in [-0.2, 0) is 19.1 Å². The summed E-state index contributed by atoms with van der Waals surface area (Å²) < 4.78 is 11.4. The van der Waals surface area contributed by atoms with Gasteiger partial charge in [0.1, 0.15) is 11.5 Å². The third kappa shape index (κ3) is 2.41. The number of esters is 1. The van der Waals surface area contributed by atoms with Gasteiger partial charge in [-0.1, -0.05) is 49.4 Å². The summed E-state index contributed by atoms with van der Waals surface area (Å²) >= 11 is 0. The lowest BCUT2D eigenvalue weighted by Gasteiger charge is -2.27. The van der Waals surface area contributed by atoms with Crippen molar-refractivity contribution in [3.8, 4) is 0 Å². The van der Waals surface area contributed by atoms with Crippen LogP contribution in [0.4, 0.5) is 0 Å². The first-order chi connectivity index (χ1) is 12.1. The average Bonchev–Trinajstić information content (AvgIpc) is 3.28. The molecule has 0 aliphatic carbocycles. The number of amides is 1. The van der Waals surface area contributed by atoms with Gasteiger partial charge in [0.25, 0.3) is 0 Å². The first-order valence-electron chi connectivity index (χ1n) is 8.96. The lowest BCUT2D eigenvalue weighted by molar-refractivity contribution is -0.154. The Morgan fingerprint density at radius 1 is 1.40 bits per heavy atom. The monoisotopic (exact) mass is 341 g/mol. The number of benzene rings is 1. The summed E-state index contributed by atoms with van der Waals surface area (Å²) in [7, 11) is 0. The van der Waals surface area contributed by atoms with E-state index in [0.717, 1.165) is 12.0 Å². The van der Waals surface area contributed by atoms with Gasteiger partial charge in [-0.3, -0.25) is 9.59 Å². The maximum atomic E-state index is 13.2. The molecule has 3 aliphatic heterocycles. The van der Waals surface area contributed by atoms with Gasteiger partial charge in [0, 0.05) is 0 Å². The lowest BCUT2D eigenvalue weighted by Crippen LogP contribution is -2.40. The van der Waals surface area contributed by atoms with Crippen LogP contribution in [0.2, 0.25) is 0 Å². The Morgan fingerprint density at radius 2 is 2.16 bits per heavy atom. The molecule has 4 rings (SSSR count). The number of hydrogen-bond donors (Lipinski definition) is 0. The molecular formula is C20H23NO4. The standard InChI is InChI=1S/C20H23NO4/c1-3-11-24-19(23)16-15-9-10-20(25-15)12-21(18(22)17(16)20)13(2)14-7-5-4-6-8-14/h4-10,13,15-17H,3,11-12H2,1-2H3. The Hall–Kier alpha value is -2.14. The van der Waals surface area contributed by atoms with Gasteiger partial charge in [-0.05, 0) is 18.9 Å². The fraction of sp³-hybridized carbons (Fsp3) is 0.500. The van der Waals surface area contributed by atoms with E-state index in [2.05, 4.69) is 0 Å². The van der Waals surface area contributed by atoms with E-state index in [4.69, 9.17) is 9.47 Å². The largest absolute Gasteiger partial charge is 0.465 e. The molecule has 3 aliphatic rings. The Morgan fingerprint density at radius 3 is 2.88 bits per heavy atom. The molecule has 0 N–H and O–H groups in total. The summed E-state index contributed by atoms with van der Waals surface area (Å²) in [5.41, 5.74) is 0.400. The summed E-state index contributed by atoms with van der Waals surface area (Å²) in [5, 5.41) is 0. The second-order valence-corrected chi connectivity index (χ2v) is 7.12. The quantitative estimate of drug-likeness (QED) is 0.610. The van der Waals surface area contributed by atoms with Crippen LogP contribution >= 0.6 is 0 Å². The summed E-state index contributed by atoms with van der Waals surface area (Å²) in [4.78, 5) is 27.5. The summed E-state index contributed by atoms with van der Waals surface area (Å²) in [5.74, 6) is -1.33. The van der Waals surface area contributed by atoms with Crippen molar-refractivity contribution in [3.63, 3.8) is 0 Å². The van der Waals surface area contributed by atoms with Crippen LogP contribution in [0, 0.1) is 11.8 Å². The predicted molar refractivity (Wildman–Crippen MR) is 91.5 cm³/mol. The van der Waals surface area contributed by atoms with E-state index in [1.54, 1.807) is 0 Å². The number of ether oxygens (including phenoxy) is 2. The van der Waals surface area contributed by atoms with Crippen LogP contribution in [0.1, 0.15) is 31.9 Å². The number of rotatable bonds is 5.